The zero-order chi connectivity index (χ0) is 11.8. The maximum atomic E-state index is 6.25. The van der Waals surface area contributed by atoms with Gasteiger partial charge in [0.25, 0.3) is 0 Å². The lowest BCUT2D eigenvalue weighted by molar-refractivity contribution is 0.183. The zero-order valence-corrected chi connectivity index (χ0v) is 10.3. The van der Waals surface area contributed by atoms with Crippen LogP contribution in [0.4, 0.5) is 0 Å². The number of benzene rings is 1. The molecular weight excluding hydrogens is 226 g/mol. The highest BCUT2D eigenvalue weighted by Crippen LogP contribution is 2.48. The SMILES string of the molecule is COCc1cc(Cl)cc(OC)c1C1(N)CC1. The molecule has 4 heteroatoms. The fourth-order valence-corrected chi connectivity index (χ4v) is 2.25. The number of ether oxygens (including phenoxy) is 2. The summed E-state index contributed by atoms with van der Waals surface area (Å²) in [5.74, 6) is 0.763. The second-order valence-corrected chi connectivity index (χ2v) is 4.67. The molecule has 16 heavy (non-hydrogen) atoms. The monoisotopic (exact) mass is 241 g/mol. The molecule has 88 valence electrons. The van der Waals surface area contributed by atoms with Crippen molar-refractivity contribution in [3.8, 4) is 5.75 Å². The van der Waals surface area contributed by atoms with Crippen LogP contribution in [0.25, 0.3) is 0 Å². The van der Waals surface area contributed by atoms with Gasteiger partial charge in [0.05, 0.1) is 13.7 Å². The molecule has 0 heterocycles. The van der Waals surface area contributed by atoms with Crippen molar-refractivity contribution >= 4 is 11.6 Å². The van der Waals surface area contributed by atoms with Crippen LogP contribution in [0.15, 0.2) is 12.1 Å². The molecule has 0 atom stereocenters. The quantitative estimate of drug-likeness (QED) is 0.881. The van der Waals surface area contributed by atoms with Gasteiger partial charge in [-0.25, -0.2) is 0 Å². The van der Waals surface area contributed by atoms with E-state index in [0.29, 0.717) is 11.6 Å². The Morgan fingerprint density at radius 1 is 1.38 bits per heavy atom. The lowest BCUT2D eigenvalue weighted by Crippen LogP contribution is -2.22. The van der Waals surface area contributed by atoms with Crippen LogP contribution in [0.2, 0.25) is 5.02 Å². The number of nitrogens with two attached hydrogens (primary N) is 1. The van der Waals surface area contributed by atoms with E-state index in [1.54, 1.807) is 14.2 Å². The van der Waals surface area contributed by atoms with Crippen LogP contribution in [0.3, 0.4) is 0 Å². The number of methoxy groups -OCH3 is 2. The van der Waals surface area contributed by atoms with Crippen LogP contribution >= 0.6 is 11.6 Å². The van der Waals surface area contributed by atoms with E-state index in [2.05, 4.69) is 0 Å². The first-order valence-corrected chi connectivity index (χ1v) is 5.63. The lowest BCUT2D eigenvalue weighted by atomic mass is 9.98. The molecule has 2 N–H and O–H groups in total. The fraction of sp³-hybridized carbons (Fsp3) is 0.500. The predicted molar refractivity (Wildman–Crippen MR) is 63.8 cm³/mol. The summed E-state index contributed by atoms with van der Waals surface area (Å²) in [6.07, 6.45) is 1.98. The Kier molecular flexibility index (Phi) is 3.10. The third kappa shape index (κ3) is 2.03. The number of hydrogen-bond acceptors (Lipinski definition) is 3. The standard InChI is InChI=1S/C12H16ClNO2/c1-15-7-8-5-9(13)6-10(16-2)11(8)12(14)3-4-12/h5-6H,3-4,7,14H2,1-2H3. The van der Waals surface area contributed by atoms with Gasteiger partial charge in [0.2, 0.25) is 0 Å². The van der Waals surface area contributed by atoms with Crippen LogP contribution in [0.5, 0.6) is 5.75 Å². The predicted octanol–water partition coefficient (Wildman–Crippen LogP) is 2.44. The molecule has 1 fully saturated rings. The minimum atomic E-state index is -0.246. The molecule has 0 radical (unpaired) electrons. The maximum absolute atomic E-state index is 6.25. The van der Waals surface area contributed by atoms with E-state index in [1.165, 1.54) is 0 Å². The molecule has 0 spiro atoms. The molecule has 0 bridgehead atoms. The molecule has 3 nitrogen and oxygen atoms in total. The molecule has 0 aliphatic heterocycles. The summed E-state index contributed by atoms with van der Waals surface area (Å²) < 4.78 is 10.5. The number of halogens is 1. The maximum Gasteiger partial charge on any atom is 0.125 e. The zero-order valence-electron chi connectivity index (χ0n) is 9.55. The van der Waals surface area contributed by atoms with Gasteiger partial charge in [0, 0.05) is 23.2 Å². The Balaban J connectivity index is 2.52. The van der Waals surface area contributed by atoms with Crippen LogP contribution in [0.1, 0.15) is 24.0 Å². The minimum Gasteiger partial charge on any atom is -0.496 e. The third-order valence-corrected chi connectivity index (χ3v) is 3.17. The Morgan fingerprint density at radius 2 is 2.06 bits per heavy atom. The van der Waals surface area contributed by atoms with Gasteiger partial charge in [-0.1, -0.05) is 11.6 Å². The third-order valence-electron chi connectivity index (χ3n) is 2.95. The fourth-order valence-electron chi connectivity index (χ4n) is 2.02. The molecule has 1 aromatic carbocycles. The first-order valence-electron chi connectivity index (χ1n) is 5.25. The summed E-state index contributed by atoms with van der Waals surface area (Å²) in [6.45, 7) is 0.505. The van der Waals surface area contributed by atoms with Crippen LogP contribution in [-0.2, 0) is 16.9 Å². The molecule has 0 amide bonds. The summed E-state index contributed by atoms with van der Waals surface area (Å²) in [4.78, 5) is 0. The van der Waals surface area contributed by atoms with Gasteiger partial charge in [-0.05, 0) is 30.5 Å². The molecule has 1 saturated carbocycles. The summed E-state index contributed by atoms with van der Waals surface area (Å²) in [6, 6.07) is 3.71. The van der Waals surface area contributed by atoms with Gasteiger partial charge < -0.3 is 15.2 Å². The highest BCUT2D eigenvalue weighted by molar-refractivity contribution is 6.30. The second kappa shape index (κ2) is 4.24. The highest BCUT2D eigenvalue weighted by Gasteiger charge is 2.43. The Labute approximate surface area is 100 Å². The summed E-state index contributed by atoms with van der Waals surface area (Å²) in [5, 5.41) is 0.650. The van der Waals surface area contributed by atoms with E-state index >= 15 is 0 Å². The van der Waals surface area contributed by atoms with Gasteiger partial charge in [-0.2, -0.15) is 0 Å². The van der Waals surface area contributed by atoms with Crippen LogP contribution in [0, 0.1) is 0 Å². The van der Waals surface area contributed by atoms with Crippen molar-refractivity contribution in [3.05, 3.63) is 28.3 Å². The molecule has 0 aromatic heterocycles. The lowest BCUT2D eigenvalue weighted by Gasteiger charge is -2.19. The molecular formula is C12H16ClNO2. The Bertz CT molecular complexity index is 402. The van der Waals surface area contributed by atoms with E-state index in [4.69, 9.17) is 26.8 Å². The van der Waals surface area contributed by atoms with Crippen molar-refractivity contribution in [1.29, 1.82) is 0 Å². The second-order valence-electron chi connectivity index (χ2n) is 4.23. The molecule has 0 saturated heterocycles. The van der Waals surface area contributed by atoms with Gasteiger partial charge >= 0.3 is 0 Å². The van der Waals surface area contributed by atoms with Crippen molar-refractivity contribution in [1.82, 2.24) is 0 Å². The topological polar surface area (TPSA) is 44.5 Å². The first kappa shape index (κ1) is 11.7. The largest absolute Gasteiger partial charge is 0.496 e. The molecule has 1 aliphatic carbocycles. The van der Waals surface area contributed by atoms with Gasteiger partial charge in [0.15, 0.2) is 0 Å². The molecule has 0 unspecified atom stereocenters. The number of rotatable bonds is 4. The van der Waals surface area contributed by atoms with Crippen molar-refractivity contribution < 1.29 is 9.47 Å². The van der Waals surface area contributed by atoms with Crippen LogP contribution in [-0.4, -0.2) is 14.2 Å². The Hall–Kier alpha value is -0.770. The van der Waals surface area contributed by atoms with Crippen molar-refractivity contribution in [2.24, 2.45) is 5.73 Å². The average molecular weight is 242 g/mol. The van der Waals surface area contributed by atoms with Crippen molar-refractivity contribution in [2.75, 3.05) is 14.2 Å². The van der Waals surface area contributed by atoms with E-state index in [9.17, 15) is 0 Å². The number of hydrogen-bond donors (Lipinski definition) is 1. The van der Waals surface area contributed by atoms with E-state index in [0.717, 1.165) is 29.7 Å². The van der Waals surface area contributed by atoms with E-state index in [-0.39, 0.29) is 5.54 Å². The van der Waals surface area contributed by atoms with Crippen molar-refractivity contribution in [2.45, 2.75) is 25.0 Å². The Morgan fingerprint density at radius 3 is 2.56 bits per heavy atom. The summed E-state index contributed by atoms with van der Waals surface area (Å²) >= 11 is 6.03. The highest BCUT2D eigenvalue weighted by atomic mass is 35.5. The molecule has 2 rings (SSSR count). The summed E-state index contributed by atoms with van der Waals surface area (Å²) in [5.41, 5.74) is 8.06. The smallest absolute Gasteiger partial charge is 0.125 e. The molecule has 1 aliphatic rings. The van der Waals surface area contributed by atoms with Crippen LogP contribution < -0.4 is 10.5 Å². The van der Waals surface area contributed by atoms with Gasteiger partial charge in [0.1, 0.15) is 5.75 Å². The normalized spacial score (nSPS) is 17.2. The van der Waals surface area contributed by atoms with Gasteiger partial charge in [-0.15, -0.1) is 0 Å². The molecule has 1 aromatic rings. The summed E-state index contributed by atoms with van der Waals surface area (Å²) in [7, 11) is 3.30. The van der Waals surface area contributed by atoms with E-state index < -0.39 is 0 Å². The average Bonchev–Trinajstić information content (AvgIpc) is 2.96. The van der Waals surface area contributed by atoms with Crippen molar-refractivity contribution in [3.63, 3.8) is 0 Å². The van der Waals surface area contributed by atoms with E-state index in [1.807, 2.05) is 12.1 Å². The minimum absolute atomic E-state index is 0.246. The first-order chi connectivity index (χ1) is 7.60. The van der Waals surface area contributed by atoms with Gasteiger partial charge in [-0.3, -0.25) is 0 Å².